The lowest BCUT2D eigenvalue weighted by atomic mass is 10.1. The number of aromatic nitrogens is 3. The molecule has 0 amide bonds. The van der Waals surface area contributed by atoms with E-state index in [1.807, 2.05) is 6.92 Å². The van der Waals surface area contributed by atoms with Gasteiger partial charge < -0.3 is 4.74 Å². The number of nitrogens with one attached hydrogen (secondary N) is 2. The van der Waals surface area contributed by atoms with Crippen molar-refractivity contribution < 1.29 is 4.74 Å². The first kappa shape index (κ1) is 8.71. The van der Waals surface area contributed by atoms with Gasteiger partial charge >= 0.3 is 5.69 Å². The van der Waals surface area contributed by atoms with Crippen molar-refractivity contribution in [3.63, 3.8) is 0 Å². The maximum atomic E-state index is 11.3. The molecule has 2 N–H and O–H groups in total. The molecule has 5 nitrogen and oxygen atoms in total. The Labute approximate surface area is 79.7 Å². The Morgan fingerprint density at radius 3 is 2.85 bits per heavy atom. The zero-order valence-corrected chi connectivity index (χ0v) is 8.06. The molecule has 1 aliphatic rings. The van der Waals surface area contributed by atoms with E-state index in [0.29, 0.717) is 11.4 Å². The molecule has 1 aliphatic heterocycles. The summed E-state index contributed by atoms with van der Waals surface area (Å²) in [5.41, 5.74) is -0.188. The number of aromatic amines is 2. The summed E-state index contributed by atoms with van der Waals surface area (Å²) in [6, 6.07) is 0.0718. The molecule has 1 saturated heterocycles. The summed E-state index contributed by atoms with van der Waals surface area (Å²) >= 11 is 4.98. The van der Waals surface area contributed by atoms with E-state index in [1.54, 1.807) is 4.57 Å². The third kappa shape index (κ3) is 1.36. The minimum Gasteiger partial charge on any atom is -0.376 e. The fourth-order valence-electron chi connectivity index (χ4n) is 1.68. The smallest absolute Gasteiger partial charge is 0.342 e. The maximum Gasteiger partial charge on any atom is 0.342 e. The van der Waals surface area contributed by atoms with Gasteiger partial charge in [0, 0.05) is 6.61 Å². The Hall–Kier alpha value is -0.880. The van der Waals surface area contributed by atoms with E-state index >= 15 is 0 Å². The molecular formula is C7H11N3O2S. The van der Waals surface area contributed by atoms with Crippen LogP contribution in [0, 0.1) is 4.77 Å². The van der Waals surface area contributed by atoms with Gasteiger partial charge in [-0.15, -0.1) is 0 Å². The Balaban J connectivity index is 2.45. The highest BCUT2D eigenvalue weighted by molar-refractivity contribution is 7.71. The molecule has 0 aromatic carbocycles. The molecule has 6 heteroatoms. The minimum atomic E-state index is -0.188. The Bertz CT molecular complexity index is 377. The van der Waals surface area contributed by atoms with Crippen molar-refractivity contribution >= 4 is 12.2 Å². The second-order valence-corrected chi connectivity index (χ2v) is 3.55. The summed E-state index contributed by atoms with van der Waals surface area (Å²) < 4.78 is 7.35. The number of rotatable bonds is 1. The molecule has 0 radical (unpaired) electrons. The van der Waals surface area contributed by atoms with Gasteiger partial charge in [0.05, 0.1) is 12.1 Å². The van der Waals surface area contributed by atoms with Crippen molar-refractivity contribution in [2.75, 3.05) is 6.61 Å². The Morgan fingerprint density at radius 1 is 1.62 bits per heavy atom. The van der Waals surface area contributed by atoms with Gasteiger partial charge in [-0.3, -0.25) is 9.67 Å². The van der Waals surface area contributed by atoms with Gasteiger partial charge in [0.1, 0.15) is 0 Å². The third-order valence-electron chi connectivity index (χ3n) is 2.38. The Kier molecular flexibility index (Phi) is 2.09. The molecule has 2 atom stereocenters. The molecule has 1 aromatic heterocycles. The van der Waals surface area contributed by atoms with Crippen molar-refractivity contribution in [3.05, 3.63) is 15.3 Å². The molecule has 2 heterocycles. The summed E-state index contributed by atoms with van der Waals surface area (Å²) in [7, 11) is 0. The summed E-state index contributed by atoms with van der Waals surface area (Å²) in [6.07, 6.45) is 0.903. The van der Waals surface area contributed by atoms with Gasteiger partial charge in [-0.1, -0.05) is 0 Å². The van der Waals surface area contributed by atoms with Crippen LogP contribution in [0.1, 0.15) is 19.4 Å². The van der Waals surface area contributed by atoms with Crippen LogP contribution in [0.3, 0.4) is 0 Å². The van der Waals surface area contributed by atoms with Gasteiger partial charge in [-0.05, 0) is 25.6 Å². The predicted octanol–water partition coefficient (Wildman–Crippen LogP) is 0.584. The predicted molar refractivity (Wildman–Crippen MR) is 49.3 cm³/mol. The van der Waals surface area contributed by atoms with Crippen LogP contribution in [0.2, 0.25) is 0 Å². The monoisotopic (exact) mass is 201 g/mol. The van der Waals surface area contributed by atoms with Crippen molar-refractivity contribution in [3.8, 4) is 0 Å². The molecular weight excluding hydrogens is 190 g/mol. The molecule has 0 aliphatic carbocycles. The van der Waals surface area contributed by atoms with E-state index in [1.165, 1.54) is 0 Å². The Morgan fingerprint density at radius 2 is 2.38 bits per heavy atom. The van der Waals surface area contributed by atoms with Crippen molar-refractivity contribution in [1.82, 2.24) is 14.8 Å². The maximum absolute atomic E-state index is 11.3. The first-order chi connectivity index (χ1) is 6.20. The molecule has 2 unspecified atom stereocenters. The SMILES string of the molecule is CC1OCCC1n1c(=O)[nH][nH]c1=S. The van der Waals surface area contributed by atoms with Crippen LogP contribution in [0.4, 0.5) is 0 Å². The van der Waals surface area contributed by atoms with E-state index in [9.17, 15) is 4.79 Å². The van der Waals surface area contributed by atoms with Gasteiger partial charge in [0.2, 0.25) is 0 Å². The standard InChI is InChI=1S/C7H11N3O2S/c1-4-5(2-3-12-4)10-6(11)8-9-7(10)13/h4-5H,2-3H2,1H3,(H,8,11)(H,9,13). The number of ether oxygens (including phenoxy) is 1. The number of hydrogen-bond acceptors (Lipinski definition) is 3. The number of nitrogens with zero attached hydrogens (tertiary/aromatic N) is 1. The minimum absolute atomic E-state index is 0.0589. The summed E-state index contributed by atoms with van der Waals surface area (Å²) in [4.78, 5) is 11.3. The van der Waals surface area contributed by atoms with Crippen LogP contribution in [0.15, 0.2) is 4.79 Å². The fourth-order valence-corrected chi connectivity index (χ4v) is 1.95. The van der Waals surface area contributed by atoms with Crippen LogP contribution in [-0.4, -0.2) is 27.5 Å². The van der Waals surface area contributed by atoms with Crippen molar-refractivity contribution in [2.45, 2.75) is 25.5 Å². The third-order valence-corrected chi connectivity index (χ3v) is 2.68. The lowest BCUT2D eigenvalue weighted by Crippen LogP contribution is -2.26. The average molecular weight is 201 g/mol. The molecule has 1 fully saturated rings. The first-order valence-electron chi connectivity index (χ1n) is 4.21. The summed E-state index contributed by atoms with van der Waals surface area (Å²) in [6.45, 7) is 2.64. The van der Waals surface area contributed by atoms with E-state index in [4.69, 9.17) is 17.0 Å². The highest BCUT2D eigenvalue weighted by Gasteiger charge is 2.27. The van der Waals surface area contributed by atoms with Gasteiger partial charge in [0.25, 0.3) is 0 Å². The van der Waals surface area contributed by atoms with Crippen LogP contribution in [-0.2, 0) is 4.74 Å². The molecule has 1 aromatic rings. The van der Waals surface area contributed by atoms with Crippen LogP contribution >= 0.6 is 12.2 Å². The molecule has 0 saturated carbocycles. The molecule has 0 bridgehead atoms. The van der Waals surface area contributed by atoms with Crippen molar-refractivity contribution in [2.24, 2.45) is 0 Å². The highest BCUT2D eigenvalue weighted by Crippen LogP contribution is 2.23. The van der Waals surface area contributed by atoms with Crippen LogP contribution in [0.5, 0.6) is 0 Å². The normalized spacial score (nSPS) is 28.1. The lowest BCUT2D eigenvalue weighted by Gasteiger charge is -2.13. The average Bonchev–Trinajstić information content (AvgIpc) is 2.60. The van der Waals surface area contributed by atoms with Crippen LogP contribution in [0.25, 0.3) is 0 Å². The molecule has 13 heavy (non-hydrogen) atoms. The summed E-state index contributed by atoms with van der Waals surface area (Å²) in [5.74, 6) is 0. The zero-order chi connectivity index (χ0) is 9.42. The van der Waals surface area contributed by atoms with E-state index in [-0.39, 0.29) is 17.8 Å². The number of H-pyrrole nitrogens is 2. The number of hydrogen-bond donors (Lipinski definition) is 2. The zero-order valence-electron chi connectivity index (χ0n) is 7.24. The highest BCUT2D eigenvalue weighted by atomic mass is 32.1. The van der Waals surface area contributed by atoms with Crippen LogP contribution < -0.4 is 5.69 Å². The van der Waals surface area contributed by atoms with E-state index < -0.39 is 0 Å². The topological polar surface area (TPSA) is 62.8 Å². The fraction of sp³-hybridized carbons (Fsp3) is 0.714. The van der Waals surface area contributed by atoms with Gasteiger partial charge in [-0.25, -0.2) is 9.89 Å². The van der Waals surface area contributed by atoms with E-state index in [0.717, 1.165) is 6.42 Å². The van der Waals surface area contributed by atoms with Gasteiger partial charge in [-0.2, -0.15) is 0 Å². The van der Waals surface area contributed by atoms with E-state index in [2.05, 4.69) is 10.2 Å². The first-order valence-corrected chi connectivity index (χ1v) is 4.62. The summed E-state index contributed by atoms with van der Waals surface area (Å²) in [5, 5.41) is 5.08. The molecule has 72 valence electrons. The molecule has 0 spiro atoms. The van der Waals surface area contributed by atoms with Crippen molar-refractivity contribution in [1.29, 1.82) is 0 Å². The lowest BCUT2D eigenvalue weighted by molar-refractivity contribution is 0.107. The van der Waals surface area contributed by atoms with Gasteiger partial charge in [0.15, 0.2) is 4.77 Å². The second kappa shape index (κ2) is 3.12. The second-order valence-electron chi connectivity index (χ2n) is 3.16. The largest absolute Gasteiger partial charge is 0.376 e. The molecule has 2 rings (SSSR count). The quantitative estimate of drug-likeness (QED) is 0.653.